The number of carbonyl (C=O) groups is 1. The molecule has 1 aliphatic heterocycles. The van der Waals surface area contributed by atoms with Crippen LogP contribution in [0.4, 0.5) is 15.5 Å². The van der Waals surface area contributed by atoms with Crippen molar-refractivity contribution in [1.82, 2.24) is 14.5 Å². The Morgan fingerprint density at radius 2 is 2.00 bits per heavy atom. The van der Waals surface area contributed by atoms with Crippen LogP contribution in [-0.2, 0) is 0 Å². The van der Waals surface area contributed by atoms with Crippen LogP contribution in [0.15, 0.2) is 30.5 Å². The summed E-state index contributed by atoms with van der Waals surface area (Å²) in [6, 6.07) is 8.27. The lowest BCUT2D eigenvalue weighted by Gasteiger charge is -2.36. The topological polar surface area (TPSA) is 61.4 Å². The number of nitrogens with zero attached hydrogens (tertiary/aromatic N) is 4. The second kappa shape index (κ2) is 6.09. The summed E-state index contributed by atoms with van der Waals surface area (Å²) in [7, 11) is 0. The van der Waals surface area contributed by atoms with Crippen molar-refractivity contribution in [2.45, 2.75) is 6.92 Å². The molecule has 110 valence electrons. The first-order valence-corrected chi connectivity index (χ1v) is 7.65. The minimum atomic E-state index is -0.0783. The molecule has 3 rings (SSSR count). The quantitative estimate of drug-likeness (QED) is 0.924. The number of aromatic nitrogens is 2. The van der Waals surface area contributed by atoms with Gasteiger partial charge < -0.3 is 9.80 Å². The highest BCUT2D eigenvalue weighted by Crippen LogP contribution is 2.21. The van der Waals surface area contributed by atoms with Crippen molar-refractivity contribution in [2.24, 2.45) is 0 Å². The summed E-state index contributed by atoms with van der Waals surface area (Å²) >= 11 is 1.18. The number of piperazine rings is 1. The SMILES string of the molecule is Cc1ccccc1N1CCN(C(=O)Nc2cnns2)CC1. The predicted molar refractivity (Wildman–Crippen MR) is 83.9 cm³/mol. The van der Waals surface area contributed by atoms with E-state index in [1.165, 1.54) is 22.8 Å². The van der Waals surface area contributed by atoms with Crippen LogP contribution in [0.5, 0.6) is 0 Å². The number of para-hydroxylation sites is 1. The molecule has 1 N–H and O–H groups in total. The zero-order valence-corrected chi connectivity index (χ0v) is 12.6. The van der Waals surface area contributed by atoms with Gasteiger partial charge in [0.05, 0.1) is 6.20 Å². The van der Waals surface area contributed by atoms with Crippen LogP contribution in [0.3, 0.4) is 0 Å². The summed E-state index contributed by atoms with van der Waals surface area (Å²) in [6.45, 7) is 5.24. The molecule has 6 nitrogen and oxygen atoms in total. The molecule has 2 aromatic rings. The molecule has 2 heterocycles. The molecule has 0 saturated carbocycles. The highest BCUT2D eigenvalue weighted by molar-refractivity contribution is 7.10. The van der Waals surface area contributed by atoms with E-state index in [9.17, 15) is 4.79 Å². The molecule has 1 saturated heterocycles. The van der Waals surface area contributed by atoms with E-state index >= 15 is 0 Å². The van der Waals surface area contributed by atoms with Gasteiger partial charge in [0, 0.05) is 43.4 Å². The lowest BCUT2D eigenvalue weighted by molar-refractivity contribution is 0.208. The maximum atomic E-state index is 12.1. The van der Waals surface area contributed by atoms with Gasteiger partial charge >= 0.3 is 6.03 Å². The standard InChI is InChI=1S/C14H17N5OS/c1-11-4-2-3-5-12(11)18-6-8-19(9-7-18)14(20)16-13-10-15-17-21-13/h2-5,10H,6-9H2,1H3,(H,16,20). The molecule has 2 amide bonds. The lowest BCUT2D eigenvalue weighted by Crippen LogP contribution is -2.50. The third-order valence-corrected chi connectivity index (χ3v) is 4.19. The number of hydrogen-bond acceptors (Lipinski definition) is 5. The smallest absolute Gasteiger partial charge is 0.322 e. The van der Waals surface area contributed by atoms with E-state index in [1.54, 1.807) is 6.20 Å². The monoisotopic (exact) mass is 303 g/mol. The number of benzene rings is 1. The first-order chi connectivity index (χ1) is 10.2. The fourth-order valence-electron chi connectivity index (χ4n) is 2.48. The Morgan fingerprint density at radius 1 is 1.24 bits per heavy atom. The largest absolute Gasteiger partial charge is 0.368 e. The van der Waals surface area contributed by atoms with E-state index < -0.39 is 0 Å². The summed E-state index contributed by atoms with van der Waals surface area (Å²) in [5.41, 5.74) is 2.52. The third-order valence-electron chi connectivity index (χ3n) is 3.61. The van der Waals surface area contributed by atoms with Crippen molar-refractivity contribution < 1.29 is 4.79 Å². The van der Waals surface area contributed by atoms with Gasteiger partial charge in [0.15, 0.2) is 0 Å². The van der Waals surface area contributed by atoms with Gasteiger partial charge in [-0.1, -0.05) is 22.7 Å². The predicted octanol–water partition coefficient (Wildman–Crippen LogP) is 2.20. The average Bonchev–Trinajstić information content (AvgIpc) is 3.01. The van der Waals surface area contributed by atoms with Gasteiger partial charge in [-0.2, -0.15) is 0 Å². The fourth-order valence-corrected chi connectivity index (χ4v) is 2.88. The van der Waals surface area contributed by atoms with Gasteiger partial charge in [0.2, 0.25) is 0 Å². The molecule has 7 heteroatoms. The molecule has 0 unspecified atom stereocenters. The Kier molecular flexibility index (Phi) is 4.01. The number of rotatable bonds is 2. The third kappa shape index (κ3) is 3.13. The average molecular weight is 303 g/mol. The Morgan fingerprint density at radius 3 is 2.67 bits per heavy atom. The molecule has 1 aliphatic rings. The van der Waals surface area contributed by atoms with Crippen molar-refractivity contribution in [3.05, 3.63) is 36.0 Å². The van der Waals surface area contributed by atoms with Crippen LogP contribution < -0.4 is 10.2 Å². The molecule has 0 aliphatic carbocycles. The number of aryl methyl sites for hydroxylation is 1. The Hall–Kier alpha value is -2.15. The first-order valence-electron chi connectivity index (χ1n) is 6.88. The van der Waals surface area contributed by atoms with Gasteiger partial charge in [-0.15, -0.1) is 5.10 Å². The Bertz CT molecular complexity index is 608. The lowest BCUT2D eigenvalue weighted by atomic mass is 10.1. The van der Waals surface area contributed by atoms with Gasteiger partial charge in [0.1, 0.15) is 5.00 Å². The van der Waals surface area contributed by atoms with Crippen molar-refractivity contribution in [2.75, 3.05) is 36.4 Å². The molecular formula is C14H17N5OS. The van der Waals surface area contributed by atoms with Crippen LogP contribution in [0.2, 0.25) is 0 Å². The molecule has 0 bridgehead atoms. The minimum absolute atomic E-state index is 0.0783. The maximum absolute atomic E-state index is 12.1. The number of hydrogen-bond donors (Lipinski definition) is 1. The molecule has 0 atom stereocenters. The molecule has 1 fully saturated rings. The first kappa shape index (κ1) is 13.8. The van der Waals surface area contributed by atoms with Crippen LogP contribution in [0.25, 0.3) is 0 Å². The van der Waals surface area contributed by atoms with E-state index in [-0.39, 0.29) is 6.03 Å². The molecule has 21 heavy (non-hydrogen) atoms. The van der Waals surface area contributed by atoms with E-state index in [0.717, 1.165) is 13.1 Å². The highest BCUT2D eigenvalue weighted by atomic mass is 32.1. The zero-order chi connectivity index (χ0) is 14.7. The van der Waals surface area contributed by atoms with Crippen LogP contribution in [0, 0.1) is 6.92 Å². The van der Waals surface area contributed by atoms with Crippen molar-refractivity contribution in [3.63, 3.8) is 0 Å². The fraction of sp³-hybridized carbons (Fsp3) is 0.357. The van der Waals surface area contributed by atoms with Gasteiger partial charge in [-0.05, 0) is 18.6 Å². The Labute approximate surface area is 127 Å². The summed E-state index contributed by atoms with van der Waals surface area (Å²) in [6.07, 6.45) is 1.56. The maximum Gasteiger partial charge on any atom is 0.322 e. The molecule has 0 radical (unpaired) electrons. The minimum Gasteiger partial charge on any atom is -0.368 e. The molecular weight excluding hydrogens is 286 g/mol. The molecule has 1 aromatic heterocycles. The second-order valence-electron chi connectivity index (χ2n) is 4.97. The normalized spacial score (nSPS) is 15.1. The van der Waals surface area contributed by atoms with E-state index in [2.05, 4.69) is 44.9 Å². The van der Waals surface area contributed by atoms with Crippen molar-refractivity contribution in [1.29, 1.82) is 0 Å². The van der Waals surface area contributed by atoms with E-state index in [4.69, 9.17) is 0 Å². The number of carbonyl (C=O) groups excluding carboxylic acids is 1. The second-order valence-corrected chi connectivity index (χ2v) is 5.76. The van der Waals surface area contributed by atoms with Gasteiger partial charge in [-0.3, -0.25) is 5.32 Å². The summed E-state index contributed by atoms with van der Waals surface area (Å²) < 4.78 is 3.73. The van der Waals surface area contributed by atoms with Crippen LogP contribution in [-0.4, -0.2) is 46.7 Å². The van der Waals surface area contributed by atoms with E-state index in [1.807, 2.05) is 11.0 Å². The zero-order valence-electron chi connectivity index (χ0n) is 11.8. The highest BCUT2D eigenvalue weighted by Gasteiger charge is 2.22. The number of anilines is 2. The van der Waals surface area contributed by atoms with Crippen molar-refractivity contribution >= 4 is 28.3 Å². The van der Waals surface area contributed by atoms with Gasteiger partial charge in [0.25, 0.3) is 0 Å². The number of urea groups is 1. The van der Waals surface area contributed by atoms with E-state index in [0.29, 0.717) is 18.1 Å². The summed E-state index contributed by atoms with van der Waals surface area (Å²) in [4.78, 5) is 16.3. The molecule has 1 aromatic carbocycles. The molecule has 0 spiro atoms. The summed E-state index contributed by atoms with van der Waals surface area (Å²) in [5, 5.41) is 7.21. The summed E-state index contributed by atoms with van der Waals surface area (Å²) in [5.74, 6) is 0. The van der Waals surface area contributed by atoms with Crippen molar-refractivity contribution in [3.8, 4) is 0 Å². The Balaban J connectivity index is 1.58. The number of nitrogens with one attached hydrogen (secondary N) is 1. The van der Waals surface area contributed by atoms with Crippen LogP contribution in [0.1, 0.15) is 5.56 Å². The number of amides is 2. The van der Waals surface area contributed by atoms with Crippen LogP contribution >= 0.6 is 11.5 Å². The van der Waals surface area contributed by atoms with Gasteiger partial charge in [-0.25, -0.2) is 4.79 Å².